The predicted octanol–water partition coefficient (Wildman–Crippen LogP) is 2.03. The minimum atomic E-state index is -2.10. The van der Waals surface area contributed by atoms with Crippen LogP contribution in [0.5, 0.6) is 0 Å². The quantitative estimate of drug-likeness (QED) is 0.656. The molecule has 0 aromatic heterocycles. The van der Waals surface area contributed by atoms with E-state index in [9.17, 15) is 8.78 Å². The van der Waals surface area contributed by atoms with Crippen molar-refractivity contribution < 1.29 is 8.78 Å². The van der Waals surface area contributed by atoms with Gasteiger partial charge in [-0.05, 0) is 32.7 Å². The zero-order valence-electron chi connectivity index (χ0n) is 6.82. The van der Waals surface area contributed by atoms with Gasteiger partial charge in [0.15, 0.2) is 0 Å². The molecule has 1 aliphatic carbocycles. The molecule has 0 heterocycles. The lowest BCUT2D eigenvalue weighted by Gasteiger charge is -2.27. The van der Waals surface area contributed by atoms with Crippen LogP contribution in [0.3, 0.4) is 0 Å². The zero-order chi connectivity index (χ0) is 8.27. The second-order valence-electron chi connectivity index (χ2n) is 3.23. The topological polar surface area (TPSA) is 12.0 Å². The molecule has 66 valence electrons. The lowest BCUT2D eigenvalue weighted by Crippen LogP contribution is -2.31. The normalized spacial score (nSPS) is 32.7. The van der Waals surface area contributed by atoms with Crippen LogP contribution in [-0.4, -0.2) is 19.5 Å². The van der Waals surface area contributed by atoms with Crippen LogP contribution in [0.25, 0.3) is 0 Å². The van der Waals surface area contributed by atoms with E-state index in [2.05, 4.69) is 5.32 Å². The van der Waals surface area contributed by atoms with Crippen molar-refractivity contribution in [1.82, 2.24) is 5.32 Å². The van der Waals surface area contributed by atoms with E-state index in [4.69, 9.17) is 0 Å². The molecule has 1 aliphatic rings. The Morgan fingerprint density at radius 1 is 1.18 bits per heavy atom. The van der Waals surface area contributed by atoms with Crippen molar-refractivity contribution in [1.29, 1.82) is 0 Å². The molecule has 1 nitrogen and oxygen atoms in total. The Morgan fingerprint density at radius 2 is 1.73 bits per heavy atom. The molecule has 0 aromatic rings. The lowest BCUT2D eigenvalue weighted by atomic mass is 9.86. The van der Waals surface area contributed by atoms with Gasteiger partial charge < -0.3 is 5.32 Å². The smallest absolute Gasteiger partial charge is 0.241 e. The third-order valence-corrected chi connectivity index (χ3v) is 2.54. The summed E-state index contributed by atoms with van der Waals surface area (Å²) in [6, 6.07) is 0.477. The summed E-state index contributed by atoms with van der Waals surface area (Å²) in [4.78, 5) is 0. The highest BCUT2D eigenvalue weighted by Gasteiger charge is 2.26. The maximum Gasteiger partial charge on any atom is 0.241 e. The standard InChI is InChI=1S/C8H15F2N/c1-11-7-4-2-6(3-5-7)8(9)10/h6-8,11H,2-5H2,1H3. The summed E-state index contributed by atoms with van der Waals surface area (Å²) in [6.07, 6.45) is 1.08. The SMILES string of the molecule is CNC1CCC(C(F)F)CC1. The monoisotopic (exact) mass is 163 g/mol. The lowest BCUT2D eigenvalue weighted by molar-refractivity contribution is 0.0513. The molecule has 0 unspecified atom stereocenters. The van der Waals surface area contributed by atoms with Crippen LogP contribution >= 0.6 is 0 Å². The second-order valence-corrected chi connectivity index (χ2v) is 3.23. The Bertz CT molecular complexity index is 109. The van der Waals surface area contributed by atoms with E-state index in [0.717, 1.165) is 12.8 Å². The number of hydrogen-bond donors (Lipinski definition) is 1. The predicted molar refractivity (Wildman–Crippen MR) is 40.8 cm³/mol. The molecule has 0 amide bonds. The maximum atomic E-state index is 12.1. The zero-order valence-corrected chi connectivity index (χ0v) is 6.82. The average molecular weight is 163 g/mol. The van der Waals surface area contributed by atoms with Gasteiger partial charge in [0.05, 0.1) is 0 Å². The van der Waals surface area contributed by atoms with Crippen molar-refractivity contribution in [3.8, 4) is 0 Å². The van der Waals surface area contributed by atoms with Gasteiger partial charge in [0.25, 0.3) is 0 Å². The first-order chi connectivity index (χ1) is 5.24. The minimum Gasteiger partial charge on any atom is -0.317 e. The molecule has 1 saturated carbocycles. The molecule has 0 aromatic carbocycles. The van der Waals surface area contributed by atoms with E-state index in [1.165, 1.54) is 0 Å². The van der Waals surface area contributed by atoms with E-state index in [-0.39, 0.29) is 5.92 Å². The van der Waals surface area contributed by atoms with Gasteiger partial charge in [0, 0.05) is 12.0 Å². The first kappa shape index (κ1) is 8.91. The van der Waals surface area contributed by atoms with Gasteiger partial charge in [-0.3, -0.25) is 0 Å². The van der Waals surface area contributed by atoms with E-state index < -0.39 is 6.43 Å². The van der Waals surface area contributed by atoms with Crippen molar-refractivity contribution in [2.24, 2.45) is 5.92 Å². The average Bonchev–Trinajstić information content (AvgIpc) is 2.05. The molecular formula is C8H15F2N. The Hall–Kier alpha value is -0.180. The van der Waals surface area contributed by atoms with Gasteiger partial charge >= 0.3 is 0 Å². The van der Waals surface area contributed by atoms with Gasteiger partial charge in [0.2, 0.25) is 6.43 Å². The molecule has 1 N–H and O–H groups in total. The fraction of sp³-hybridized carbons (Fsp3) is 1.00. The minimum absolute atomic E-state index is 0.334. The van der Waals surface area contributed by atoms with E-state index in [1.807, 2.05) is 7.05 Å². The first-order valence-electron chi connectivity index (χ1n) is 4.19. The number of halogens is 2. The Labute approximate surface area is 66.2 Å². The summed E-state index contributed by atoms with van der Waals surface area (Å²) in [5.41, 5.74) is 0. The largest absolute Gasteiger partial charge is 0.317 e. The van der Waals surface area contributed by atoms with Crippen LogP contribution in [-0.2, 0) is 0 Å². The van der Waals surface area contributed by atoms with Gasteiger partial charge in [0.1, 0.15) is 0 Å². The number of hydrogen-bond acceptors (Lipinski definition) is 1. The molecule has 0 saturated heterocycles. The molecule has 0 radical (unpaired) electrons. The second kappa shape index (κ2) is 4.00. The highest BCUT2D eigenvalue weighted by Crippen LogP contribution is 2.28. The van der Waals surface area contributed by atoms with Crippen molar-refractivity contribution >= 4 is 0 Å². The van der Waals surface area contributed by atoms with Crippen molar-refractivity contribution in [2.75, 3.05) is 7.05 Å². The number of rotatable bonds is 2. The maximum absolute atomic E-state index is 12.1. The summed E-state index contributed by atoms with van der Waals surface area (Å²) in [5.74, 6) is -0.334. The van der Waals surface area contributed by atoms with E-state index >= 15 is 0 Å². The first-order valence-corrected chi connectivity index (χ1v) is 4.19. The summed E-state index contributed by atoms with van der Waals surface area (Å²) in [6.45, 7) is 0. The van der Waals surface area contributed by atoms with Gasteiger partial charge in [-0.2, -0.15) is 0 Å². The summed E-state index contributed by atoms with van der Waals surface area (Å²) < 4.78 is 24.3. The van der Waals surface area contributed by atoms with Crippen LogP contribution < -0.4 is 5.32 Å². The third kappa shape index (κ3) is 2.40. The van der Waals surface area contributed by atoms with E-state index in [1.54, 1.807) is 0 Å². The van der Waals surface area contributed by atoms with E-state index in [0.29, 0.717) is 18.9 Å². The Balaban J connectivity index is 2.24. The molecule has 1 rings (SSSR count). The number of nitrogens with one attached hydrogen (secondary N) is 1. The fourth-order valence-electron chi connectivity index (χ4n) is 1.66. The van der Waals surface area contributed by atoms with Gasteiger partial charge in [-0.25, -0.2) is 8.78 Å². The summed E-state index contributed by atoms with van der Waals surface area (Å²) in [5, 5.41) is 3.12. The molecule has 0 atom stereocenters. The molecule has 3 heteroatoms. The van der Waals surface area contributed by atoms with Gasteiger partial charge in [-0.1, -0.05) is 0 Å². The third-order valence-electron chi connectivity index (χ3n) is 2.54. The fourth-order valence-corrected chi connectivity index (χ4v) is 1.66. The van der Waals surface area contributed by atoms with Gasteiger partial charge in [-0.15, -0.1) is 0 Å². The van der Waals surface area contributed by atoms with Crippen LogP contribution in [0.1, 0.15) is 25.7 Å². The van der Waals surface area contributed by atoms with Crippen LogP contribution in [0.2, 0.25) is 0 Å². The van der Waals surface area contributed by atoms with Crippen molar-refractivity contribution in [2.45, 2.75) is 38.2 Å². The molecule has 11 heavy (non-hydrogen) atoms. The summed E-state index contributed by atoms with van der Waals surface area (Å²) >= 11 is 0. The molecular weight excluding hydrogens is 148 g/mol. The molecule has 1 fully saturated rings. The molecule has 0 spiro atoms. The van der Waals surface area contributed by atoms with Crippen LogP contribution in [0, 0.1) is 5.92 Å². The molecule has 0 aliphatic heterocycles. The Kier molecular flexibility index (Phi) is 3.24. The Morgan fingerprint density at radius 3 is 2.09 bits per heavy atom. The highest BCUT2D eigenvalue weighted by atomic mass is 19.3. The summed E-state index contributed by atoms with van der Waals surface area (Å²) in [7, 11) is 1.90. The van der Waals surface area contributed by atoms with Crippen molar-refractivity contribution in [3.05, 3.63) is 0 Å². The highest BCUT2D eigenvalue weighted by molar-refractivity contribution is 4.76. The van der Waals surface area contributed by atoms with Crippen molar-refractivity contribution in [3.63, 3.8) is 0 Å². The van der Waals surface area contributed by atoms with Crippen LogP contribution in [0.15, 0.2) is 0 Å². The molecule has 0 bridgehead atoms. The van der Waals surface area contributed by atoms with Crippen LogP contribution in [0.4, 0.5) is 8.78 Å². The number of alkyl halides is 2.